The summed E-state index contributed by atoms with van der Waals surface area (Å²) in [6.07, 6.45) is 3.28. The fourth-order valence-electron chi connectivity index (χ4n) is 4.15. The molecule has 2 aliphatic heterocycles. The molecule has 0 unspecified atom stereocenters. The summed E-state index contributed by atoms with van der Waals surface area (Å²) in [5, 5.41) is 7.46. The Kier molecular flexibility index (Phi) is 5.07. The zero-order valence-corrected chi connectivity index (χ0v) is 18.6. The number of benzene rings is 2. The molecular formula is C23H23Cl2N3O2. The van der Waals surface area contributed by atoms with Gasteiger partial charge in [0.25, 0.3) is 0 Å². The summed E-state index contributed by atoms with van der Waals surface area (Å²) in [7, 11) is 0. The van der Waals surface area contributed by atoms with Gasteiger partial charge in [0.2, 0.25) is 11.8 Å². The van der Waals surface area contributed by atoms with E-state index in [1.165, 1.54) is 0 Å². The number of nitrogens with zero attached hydrogens (tertiary/aromatic N) is 1. The minimum atomic E-state index is -0.578. The molecule has 4 rings (SSSR count). The minimum absolute atomic E-state index is 0.0194. The van der Waals surface area contributed by atoms with Crippen LogP contribution in [0.2, 0.25) is 10.0 Å². The molecule has 0 aromatic heterocycles. The first-order valence-electron chi connectivity index (χ1n) is 9.78. The molecule has 2 heterocycles. The van der Waals surface area contributed by atoms with E-state index < -0.39 is 11.0 Å². The summed E-state index contributed by atoms with van der Waals surface area (Å²) >= 11 is 12.8. The Labute approximate surface area is 186 Å². The largest absolute Gasteiger partial charge is 0.372 e. The third-order valence-corrected chi connectivity index (χ3v) is 6.72. The van der Waals surface area contributed by atoms with E-state index in [9.17, 15) is 9.59 Å². The molecule has 5 nitrogen and oxygen atoms in total. The highest BCUT2D eigenvalue weighted by Gasteiger charge is 2.48. The van der Waals surface area contributed by atoms with Gasteiger partial charge in [0.15, 0.2) is 0 Å². The maximum Gasteiger partial charge on any atom is 0.246 e. The molecule has 2 aromatic carbocycles. The molecule has 2 aliphatic rings. The first-order valence-corrected chi connectivity index (χ1v) is 10.5. The normalized spacial score (nSPS) is 18.7. The molecular weight excluding hydrogens is 421 g/mol. The lowest BCUT2D eigenvalue weighted by Gasteiger charge is -2.51. The van der Waals surface area contributed by atoms with Crippen LogP contribution in [-0.4, -0.2) is 29.8 Å². The van der Waals surface area contributed by atoms with Gasteiger partial charge in [-0.25, -0.2) is 0 Å². The molecule has 0 bridgehead atoms. The van der Waals surface area contributed by atoms with Crippen LogP contribution in [0, 0.1) is 0 Å². The maximum atomic E-state index is 12.3. The zero-order valence-electron chi connectivity index (χ0n) is 17.1. The van der Waals surface area contributed by atoms with Gasteiger partial charge in [0.05, 0.1) is 34.1 Å². The van der Waals surface area contributed by atoms with Gasteiger partial charge in [-0.1, -0.05) is 47.5 Å². The molecule has 0 atom stereocenters. The standard InChI is InChI=1S/C23H23Cl2N3O2/c1-4-6-19(29)28-12-23(13-28,16-7-5-8-17(24)20(16)25)27-14-9-10-15-18(11-14)26-21(30)22(15,2)3/h4-11,27H,12-13H2,1-3H3,(H,26,30)/b6-4+. The molecule has 30 heavy (non-hydrogen) atoms. The first-order chi connectivity index (χ1) is 14.2. The van der Waals surface area contributed by atoms with Gasteiger partial charge in [0, 0.05) is 16.9 Å². The summed E-state index contributed by atoms with van der Waals surface area (Å²) < 4.78 is 0. The van der Waals surface area contributed by atoms with Gasteiger partial charge >= 0.3 is 0 Å². The monoisotopic (exact) mass is 443 g/mol. The number of carbonyl (C=O) groups is 2. The molecule has 156 valence electrons. The van der Waals surface area contributed by atoms with Gasteiger partial charge < -0.3 is 15.5 Å². The van der Waals surface area contributed by atoms with Crippen molar-refractivity contribution in [2.75, 3.05) is 23.7 Å². The number of halogens is 2. The van der Waals surface area contributed by atoms with Crippen LogP contribution >= 0.6 is 23.2 Å². The maximum absolute atomic E-state index is 12.3. The van der Waals surface area contributed by atoms with Gasteiger partial charge in [-0.2, -0.15) is 0 Å². The van der Waals surface area contributed by atoms with Crippen molar-refractivity contribution in [1.82, 2.24) is 4.90 Å². The van der Waals surface area contributed by atoms with Crippen LogP contribution < -0.4 is 10.6 Å². The lowest BCUT2D eigenvalue weighted by Crippen LogP contribution is -2.64. The fourth-order valence-corrected chi connectivity index (χ4v) is 4.63. The van der Waals surface area contributed by atoms with Crippen LogP contribution in [-0.2, 0) is 20.5 Å². The molecule has 0 radical (unpaired) electrons. The lowest BCUT2D eigenvalue weighted by atomic mass is 9.81. The van der Waals surface area contributed by atoms with Gasteiger partial charge in [-0.05, 0) is 50.6 Å². The Morgan fingerprint density at radius 1 is 1.17 bits per heavy atom. The highest BCUT2D eigenvalue weighted by atomic mass is 35.5. The number of amides is 2. The third kappa shape index (κ3) is 3.26. The quantitative estimate of drug-likeness (QED) is 0.657. The molecule has 2 N–H and O–H groups in total. The van der Waals surface area contributed by atoms with E-state index in [1.54, 1.807) is 23.1 Å². The number of hydrogen-bond acceptors (Lipinski definition) is 3. The van der Waals surface area contributed by atoms with Crippen LogP contribution in [0.25, 0.3) is 0 Å². The number of carbonyl (C=O) groups excluding carboxylic acids is 2. The van der Waals surface area contributed by atoms with E-state index >= 15 is 0 Å². The van der Waals surface area contributed by atoms with Crippen LogP contribution in [0.15, 0.2) is 48.6 Å². The second-order valence-electron chi connectivity index (χ2n) is 8.34. The number of hydrogen-bond donors (Lipinski definition) is 2. The Hall–Kier alpha value is -2.50. The topological polar surface area (TPSA) is 61.4 Å². The number of fused-ring (bicyclic) bond motifs is 1. The molecule has 1 fully saturated rings. The number of allylic oxidation sites excluding steroid dienone is 1. The highest BCUT2D eigenvalue weighted by molar-refractivity contribution is 6.42. The number of rotatable bonds is 4. The molecule has 0 saturated carbocycles. The molecule has 0 aliphatic carbocycles. The van der Waals surface area contributed by atoms with Crippen LogP contribution in [0.3, 0.4) is 0 Å². The Morgan fingerprint density at radius 2 is 1.90 bits per heavy atom. The number of anilines is 2. The van der Waals surface area contributed by atoms with E-state index in [2.05, 4.69) is 10.6 Å². The summed E-state index contributed by atoms with van der Waals surface area (Å²) in [6, 6.07) is 11.4. The predicted molar refractivity (Wildman–Crippen MR) is 121 cm³/mol. The van der Waals surface area contributed by atoms with E-state index in [0.29, 0.717) is 23.1 Å². The highest BCUT2D eigenvalue weighted by Crippen LogP contribution is 2.43. The van der Waals surface area contributed by atoms with Crippen molar-refractivity contribution < 1.29 is 9.59 Å². The molecule has 1 saturated heterocycles. The van der Waals surface area contributed by atoms with Crippen molar-refractivity contribution in [1.29, 1.82) is 0 Å². The van der Waals surface area contributed by atoms with Gasteiger partial charge in [-0.3, -0.25) is 9.59 Å². The van der Waals surface area contributed by atoms with Crippen LogP contribution in [0.1, 0.15) is 31.9 Å². The van der Waals surface area contributed by atoms with Crippen molar-refractivity contribution >= 4 is 46.4 Å². The summed E-state index contributed by atoms with van der Waals surface area (Å²) in [6.45, 7) is 6.53. The minimum Gasteiger partial charge on any atom is -0.372 e. The second kappa shape index (κ2) is 7.33. The summed E-state index contributed by atoms with van der Waals surface area (Å²) in [4.78, 5) is 26.4. The van der Waals surface area contributed by atoms with E-state index in [4.69, 9.17) is 23.2 Å². The Bertz CT molecular complexity index is 1070. The molecule has 0 spiro atoms. The van der Waals surface area contributed by atoms with Gasteiger partial charge in [-0.15, -0.1) is 0 Å². The van der Waals surface area contributed by atoms with Crippen LogP contribution in [0.4, 0.5) is 11.4 Å². The average Bonchev–Trinajstić information content (AvgIpc) is 2.89. The fraction of sp³-hybridized carbons (Fsp3) is 0.304. The number of nitrogens with one attached hydrogen (secondary N) is 2. The van der Waals surface area contributed by atoms with E-state index in [-0.39, 0.29) is 11.8 Å². The van der Waals surface area contributed by atoms with E-state index in [0.717, 1.165) is 22.5 Å². The zero-order chi connectivity index (χ0) is 21.7. The smallest absolute Gasteiger partial charge is 0.246 e. The SMILES string of the molecule is C/C=C/C(=O)N1CC(Nc2ccc3c(c2)NC(=O)C3(C)C)(c2cccc(Cl)c2Cl)C1. The van der Waals surface area contributed by atoms with Crippen LogP contribution in [0.5, 0.6) is 0 Å². The second-order valence-corrected chi connectivity index (χ2v) is 9.13. The first kappa shape index (κ1) is 20.8. The lowest BCUT2D eigenvalue weighted by molar-refractivity contribution is -0.132. The average molecular weight is 444 g/mol. The van der Waals surface area contributed by atoms with Crippen molar-refractivity contribution in [3.8, 4) is 0 Å². The number of likely N-dealkylation sites (tertiary alicyclic amines) is 1. The molecule has 7 heteroatoms. The van der Waals surface area contributed by atoms with Crippen molar-refractivity contribution in [2.24, 2.45) is 0 Å². The van der Waals surface area contributed by atoms with Crippen molar-refractivity contribution in [3.63, 3.8) is 0 Å². The molecule has 2 amide bonds. The predicted octanol–water partition coefficient (Wildman–Crippen LogP) is 4.95. The van der Waals surface area contributed by atoms with Gasteiger partial charge in [0.1, 0.15) is 0 Å². The Morgan fingerprint density at radius 3 is 2.60 bits per heavy atom. The summed E-state index contributed by atoms with van der Waals surface area (Å²) in [5.74, 6) is -0.0648. The summed E-state index contributed by atoms with van der Waals surface area (Å²) in [5.41, 5.74) is 2.29. The van der Waals surface area contributed by atoms with Crippen molar-refractivity contribution in [3.05, 3.63) is 69.7 Å². The molecule has 2 aromatic rings. The van der Waals surface area contributed by atoms with E-state index in [1.807, 2.05) is 51.1 Å². The third-order valence-electron chi connectivity index (χ3n) is 5.90. The van der Waals surface area contributed by atoms with Crippen molar-refractivity contribution in [2.45, 2.75) is 31.7 Å². The Balaban J connectivity index is 1.69.